The molecule has 1 fully saturated rings. The molecule has 0 N–H and O–H groups in total. The highest BCUT2D eigenvalue weighted by Gasteiger charge is 2.36. The first-order valence-electron chi connectivity index (χ1n) is 9.12. The molecule has 1 aliphatic rings. The molecule has 1 aliphatic heterocycles. The Kier molecular flexibility index (Phi) is 6.46. The normalized spacial score (nSPS) is 15.1. The van der Waals surface area contributed by atoms with Crippen LogP contribution in [0.15, 0.2) is 76.1 Å². The number of rotatable bonds is 5. The standard InChI is InChI=1S/C23H14BrClFNO3S/c24-17-10-14(11-18(25)21(17)30-13-15-6-4-5-9-19(15)26)12-20-22(28)27(23(29)31-20)16-7-2-1-3-8-16/h1-12H,13H2/b20-12-. The molecule has 2 amide bonds. The fourth-order valence-electron chi connectivity index (χ4n) is 2.98. The van der Waals surface area contributed by atoms with Crippen LogP contribution in [-0.2, 0) is 11.4 Å². The minimum Gasteiger partial charge on any atom is -0.486 e. The Morgan fingerprint density at radius 1 is 1.06 bits per heavy atom. The number of carbonyl (C=O) groups is 2. The summed E-state index contributed by atoms with van der Waals surface area (Å²) in [4.78, 5) is 26.5. The van der Waals surface area contributed by atoms with Crippen LogP contribution in [0.3, 0.4) is 0 Å². The molecule has 1 heterocycles. The van der Waals surface area contributed by atoms with Crippen molar-refractivity contribution in [3.05, 3.63) is 98.1 Å². The SMILES string of the molecule is O=C1S/C(=C\c2cc(Cl)c(OCc3ccccc3F)c(Br)c2)C(=O)N1c1ccccc1. The van der Waals surface area contributed by atoms with Gasteiger partial charge in [-0.05, 0) is 69.7 Å². The number of amides is 2. The van der Waals surface area contributed by atoms with Crippen LogP contribution in [0.1, 0.15) is 11.1 Å². The van der Waals surface area contributed by atoms with Crippen LogP contribution >= 0.6 is 39.3 Å². The van der Waals surface area contributed by atoms with Crippen molar-refractivity contribution in [2.45, 2.75) is 6.61 Å². The number of para-hydroxylation sites is 1. The minimum absolute atomic E-state index is 0.0142. The fourth-order valence-corrected chi connectivity index (χ4v) is 4.82. The van der Waals surface area contributed by atoms with Gasteiger partial charge in [-0.1, -0.05) is 48.0 Å². The molecule has 4 nitrogen and oxygen atoms in total. The molecule has 0 atom stereocenters. The Morgan fingerprint density at radius 3 is 2.48 bits per heavy atom. The summed E-state index contributed by atoms with van der Waals surface area (Å²) in [6, 6.07) is 18.4. The third-order valence-corrected chi connectivity index (χ3v) is 6.20. The molecule has 0 spiro atoms. The quantitative estimate of drug-likeness (QED) is 0.339. The highest BCUT2D eigenvalue weighted by Crippen LogP contribution is 2.39. The average molecular weight is 519 g/mol. The Morgan fingerprint density at radius 2 is 1.77 bits per heavy atom. The molecule has 0 radical (unpaired) electrons. The number of hydrogen-bond donors (Lipinski definition) is 0. The molecule has 0 saturated carbocycles. The maximum absolute atomic E-state index is 13.8. The number of benzene rings is 3. The van der Waals surface area contributed by atoms with Crippen molar-refractivity contribution in [3.8, 4) is 5.75 Å². The maximum atomic E-state index is 13.8. The smallest absolute Gasteiger partial charge is 0.298 e. The van der Waals surface area contributed by atoms with Crippen LogP contribution in [0, 0.1) is 5.82 Å². The number of nitrogens with zero attached hydrogens (tertiary/aromatic N) is 1. The van der Waals surface area contributed by atoms with Crippen LogP contribution in [0.25, 0.3) is 6.08 Å². The van der Waals surface area contributed by atoms with Crippen molar-refractivity contribution < 1.29 is 18.7 Å². The summed E-state index contributed by atoms with van der Waals surface area (Å²) < 4.78 is 20.1. The lowest BCUT2D eigenvalue weighted by molar-refractivity contribution is -0.113. The second-order valence-corrected chi connectivity index (χ2v) is 8.80. The van der Waals surface area contributed by atoms with Crippen LogP contribution < -0.4 is 9.64 Å². The van der Waals surface area contributed by atoms with Gasteiger partial charge in [-0.2, -0.15) is 0 Å². The molecule has 3 aromatic rings. The van der Waals surface area contributed by atoms with Crippen LogP contribution in [0.2, 0.25) is 5.02 Å². The lowest BCUT2D eigenvalue weighted by Crippen LogP contribution is -2.27. The van der Waals surface area contributed by atoms with E-state index >= 15 is 0 Å². The molecule has 1 saturated heterocycles. The van der Waals surface area contributed by atoms with Crippen LogP contribution in [-0.4, -0.2) is 11.1 Å². The average Bonchev–Trinajstić information content (AvgIpc) is 3.02. The van der Waals surface area contributed by atoms with Gasteiger partial charge < -0.3 is 4.74 Å². The zero-order chi connectivity index (χ0) is 22.0. The Labute approximate surface area is 195 Å². The second kappa shape index (κ2) is 9.26. The third-order valence-electron chi connectivity index (χ3n) is 4.46. The number of thioether (sulfide) groups is 1. The summed E-state index contributed by atoms with van der Waals surface area (Å²) in [7, 11) is 0. The summed E-state index contributed by atoms with van der Waals surface area (Å²) in [6.07, 6.45) is 1.60. The van der Waals surface area contributed by atoms with Crippen molar-refractivity contribution >= 4 is 62.2 Å². The Bertz CT molecular complexity index is 1180. The molecule has 0 bridgehead atoms. The molecule has 31 heavy (non-hydrogen) atoms. The van der Waals surface area contributed by atoms with Gasteiger partial charge in [0.25, 0.3) is 11.1 Å². The van der Waals surface area contributed by atoms with Gasteiger partial charge in [0.1, 0.15) is 12.4 Å². The lowest BCUT2D eigenvalue weighted by Gasteiger charge is -2.12. The van der Waals surface area contributed by atoms with Crippen LogP contribution in [0.4, 0.5) is 14.9 Å². The van der Waals surface area contributed by atoms with Crippen LogP contribution in [0.5, 0.6) is 5.75 Å². The zero-order valence-electron chi connectivity index (χ0n) is 15.8. The van der Waals surface area contributed by atoms with E-state index in [1.165, 1.54) is 6.07 Å². The van der Waals surface area contributed by atoms with Gasteiger partial charge in [0.15, 0.2) is 5.75 Å². The summed E-state index contributed by atoms with van der Waals surface area (Å²) in [6.45, 7) is 0.0142. The van der Waals surface area contributed by atoms with Gasteiger partial charge in [-0.25, -0.2) is 9.29 Å². The molecule has 3 aromatic carbocycles. The highest BCUT2D eigenvalue weighted by atomic mass is 79.9. The number of anilines is 1. The summed E-state index contributed by atoms with van der Waals surface area (Å²) in [5.74, 6) is -0.395. The monoisotopic (exact) mass is 517 g/mol. The van der Waals surface area contributed by atoms with E-state index < -0.39 is 5.91 Å². The van der Waals surface area contributed by atoms with E-state index in [1.54, 1.807) is 60.7 Å². The molecule has 0 aliphatic carbocycles. The predicted octanol–water partition coefficient (Wildman–Crippen LogP) is 7.06. The van der Waals surface area contributed by atoms with E-state index in [1.807, 2.05) is 6.07 Å². The van der Waals surface area contributed by atoms with E-state index in [4.69, 9.17) is 16.3 Å². The summed E-state index contributed by atoms with van der Waals surface area (Å²) in [5, 5.41) is -0.0725. The van der Waals surface area contributed by atoms with Gasteiger partial charge in [-0.3, -0.25) is 9.59 Å². The number of ether oxygens (including phenoxy) is 1. The number of carbonyl (C=O) groups excluding carboxylic acids is 2. The molecule has 156 valence electrons. The van der Waals surface area contributed by atoms with Gasteiger partial charge in [0.2, 0.25) is 0 Å². The summed E-state index contributed by atoms with van der Waals surface area (Å²) >= 11 is 10.6. The number of imide groups is 1. The van der Waals surface area contributed by atoms with Gasteiger partial charge in [0.05, 0.1) is 20.1 Å². The highest BCUT2D eigenvalue weighted by molar-refractivity contribution is 9.10. The first-order valence-corrected chi connectivity index (χ1v) is 11.1. The topological polar surface area (TPSA) is 46.6 Å². The molecular weight excluding hydrogens is 505 g/mol. The van der Waals surface area contributed by atoms with E-state index in [2.05, 4.69) is 15.9 Å². The number of hydrogen-bond acceptors (Lipinski definition) is 4. The molecule has 4 rings (SSSR count). The molecular formula is C23H14BrClFNO3S. The molecule has 0 unspecified atom stereocenters. The van der Waals surface area contributed by atoms with Crippen molar-refractivity contribution in [2.24, 2.45) is 0 Å². The first-order chi connectivity index (χ1) is 14.9. The van der Waals surface area contributed by atoms with Crippen molar-refractivity contribution in [1.29, 1.82) is 0 Å². The van der Waals surface area contributed by atoms with Gasteiger partial charge >= 0.3 is 0 Å². The Balaban J connectivity index is 1.56. The van der Waals surface area contributed by atoms with Crippen molar-refractivity contribution in [3.63, 3.8) is 0 Å². The molecule has 8 heteroatoms. The number of halogens is 3. The van der Waals surface area contributed by atoms with E-state index in [-0.39, 0.29) is 22.6 Å². The predicted molar refractivity (Wildman–Crippen MR) is 125 cm³/mol. The Hall–Kier alpha value is -2.61. The van der Waals surface area contributed by atoms with E-state index in [0.29, 0.717) is 32.1 Å². The first kappa shape index (κ1) is 21.6. The maximum Gasteiger partial charge on any atom is 0.298 e. The molecule has 0 aromatic heterocycles. The lowest BCUT2D eigenvalue weighted by atomic mass is 10.2. The van der Waals surface area contributed by atoms with Gasteiger partial charge in [-0.15, -0.1) is 0 Å². The second-order valence-electron chi connectivity index (χ2n) is 6.55. The largest absolute Gasteiger partial charge is 0.486 e. The zero-order valence-corrected chi connectivity index (χ0v) is 19.0. The minimum atomic E-state index is -0.395. The van der Waals surface area contributed by atoms with Gasteiger partial charge in [0, 0.05) is 5.56 Å². The van der Waals surface area contributed by atoms with Crippen molar-refractivity contribution in [2.75, 3.05) is 4.90 Å². The van der Waals surface area contributed by atoms with E-state index in [9.17, 15) is 14.0 Å². The fraction of sp³-hybridized carbons (Fsp3) is 0.0435. The van der Waals surface area contributed by atoms with E-state index in [0.717, 1.165) is 16.7 Å². The third kappa shape index (κ3) is 4.69. The van der Waals surface area contributed by atoms with Crippen molar-refractivity contribution in [1.82, 2.24) is 0 Å². The summed E-state index contributed by atoms with van der Waals surface area (Å²) in [5.41, 5.74) is 1.54.